The van der Waals surface area contributed by atoms with Crippen LogP contribution < -0.4 is 19.5 Å². The number of aromatic nitrogens is 4. The predicted molar refractivity (Wildman–Crippen MR) is 120 cm³/mol. The van der Waals surface area contributed by atoms with Crippen LogP contribution in [0.2, 0.25) is 0 Å². The number of nitrogens with one attached hydrogen (secondary N) is 1. The van der Waals surface area contributed by atoms with Crippen LogP contribution >= 0.6 is 0 Å². The number of amides is 1. The number of aryl methyl sites for hydroxylation is 2. The van der Waals surface area contributed by atoms with E-state index in [0.717, 1.165) is 11.3 Å². The summed E-state index contributed by atoms with van der Waals surface area (Å²) in [6.07, 6.45) is 1.68. The Balaban J connectivity index is 1.57. The average Bonchev–Trinajstić information content (AvgIpc) is 3.44. The quantitative estimate of drug-likeness (QED) is 0.453. The number of carbonyl (C=O) groups excluding carboxylic acids is 1. The zero-order valence-electron chi connectivity index (χ0n) is 18.9. The van der Waals surface area contributed by atoms with Gasteiger partial charge in [0.25, 0.3) is 5.91 Å². The molecule has 0 radical (unpaired) electrons. The van der Waals surface area contributed by atoms with Crippen LogP contribution in [-0.4, -0.2) is 47.2 Å². The first-order valence-corrected chi connectivity index (χ1v) is 10.0. The van der Waals surface area contributed by atoms with Crippen LogP contribution in [0.1, 0.15) is 21.9 Å². The third kappa shape index (κ3) is 4.36. The van der Waals surface area contributed by atoms with Crippen LogP contribution in [0, 0.1) is 13.8 Å². The van der Waals surface area contributed by atoms with Gasteiger partial charge in [0.05, 0.1) is 38.3 Å². The first kappa shape index (κ1) is 21.9. The summed E-state index contributed by atoms with van der Waals surface area (Å²) >= 11 is 0. The molecule has 10 nitrogen and oxygen atoms in total. The van der Waals surface area contributed by atoms with Crippen molar-refractivity contribution in [3.05, 3.63) is 59.7 Å². The second-order valence-corrected chi connectivity index (χ2v) is 7.12. The van der Waals surface area contributed by atoms with Crippen molar-refractivity contribution < 1.29 is 23.5 Å². The van der Waals surface area contributed by atoms with E-state index in [0.29, 0.717) is 45.9 Å². The molecule has 0 saturated carbocycles. The molecule has 2 heterocycles. The van der Waals surface area contributed by atoms with Crippen LogP contribution in [0.4, 0.5) is 5.69 Å². The molecule has 1 amide bonds. The van der Waals surface area contributed by atoms with Crippen LogP contribution in [-0.2, 0) is 0 Å². The molecule has 33 heavy (non-hydrogen) atoms. The standard InChI is InChI=1S/C23H23N5O5/c1-13-18(23(29)25-16-10-19(30-3)21(32-5)20(11-16)31-4)12-28(26-13)17-8-6-15(7-9-17)22-24-14(2)33-27-22/h6-12H,1-5H3,(H,25,29). The summed E-state index contributed by atoms with van der Waals surface area (Å²) in [7, 11) is 4.55. The molecule has 10 heteroatoms. The highest BCUT2D eigenvalue weighted by Gasteiger charge is 2.18. The lowest BCUT2D eigenvalue weighted by atomic mass is 10.2. The lowest BCUT2D eigenvalue weighted by Gasteiger charge is -2.14. The Morgan fingerprint density at radius 1 is 1.00 bits per heavy atom. The Morgan fingerprint density at radius 3 is 2.21 bits per heavy atom. The van der Waals surface area contributed by atoms with Gasteiger partial charge in [0.2, 0.25) is 17.5 Å². The van der Waals surface area contributed by atoms with E-state index < -0.39 is 0 Å². The van der Waals surface area contributed by atoms with Gasteiger partial charge < -0.3 is 24.1 Å². The second kappa shape index (κ2) is 9.03. The minimum absolute atomic E-state index is 0.313. The van der Waals surface area contributed by atoms with Gasteiger partial charge in [-0.15, -0.1) is 0 Å². The Labute approximate surface area is 190 Å². The Kier molecular flexibility index (Phi) is 5.99. The minimum Gasteiger partial charge on any atom is -0.493 e. The number of hydrogen-bond donors (Lipinski definition) is 1. The number of rotatable bonds is 7. The van der Waals surface area contributed by atoms with Crippen molar-refractivity contribution >= 4 is 11.6 Å². The number of ether oxygens (including phenoxy) is 3. The summed E-state index contributed by atoms with van der Waals surface area (Å²) in [6.45, 7) is 3.51. The third-order valence-corrected chi connectivity index (χ3v) is 4.98. The van der Waals surface area contributed by atoms with Crippen LogP contribution in [0.15, 0.2) is 47.1 Å². The molecule has 2 aromatic carbocycles. The van der Waals surface area contributed by atoms with Gasteiger partial charge in [0, 0.05) is 36.5 Å². The SMILES string of the molecule is COc1cc(NC(=O)c2cn(-c3ccc(-c4noc(C)n4)cc3)nc2C)cc(OC)c1OC. The van der Waals surface area contributed by atoms with E-state index in [1.54, 1.807) is 36.9 Å². The zero-order valence-corrected chi connectivity index (χ0v) is 18.9. The van der Waals surface area contributed by atoms with Gasteiger partial charge in [-0.05, 0) is 31.2 Å². The number of hydrogen-bond acceptors (Lipinski definition) is 8. The van der Waals surface area contributed by atoms with Gasteiger partial charge in [0.1, 0.15) is 0 Å². The van der Waals surface area contributed by atoms with E-state index in [4.69, 9.17) is 18.7 Å². The van der Waals surface area contributed by atoms with E-state index in [2.05, 4.69) is 20.6 Å². The highest BCUT2D eigenvalue weighted by molar-refractivity contribution is 6.05. The van der Waals surface area contributed by atoms with Crippen LogP contribution in [0.3, 0.4) is 0 Å². The molecule has 0 spiro atoms. The highest BCUT2D eigenvalue weighted by Crippen LogP contribution is 2.40. The molecule has 0 aliphatic carbocycles. The van der Waals surface area contributed by atoms with Crippen LogP contribution in [0.5, 0.6) is 17.2 Å². The van der Waals surface area contributed by atoms with E-state index in [-0.39, 0.29) is 5.91 Å². The van der Waals surface area contributed by atoms with Gasteiger partial charge in [-0.1, -0.05) is 5.16 Å². The topological polar surface area (TPSA) is 114 Å². The second-order valence-electron chi connectivity index (χ2n) is 7.12. The van der Waals surface area contributed by atoms with Gasteiger partial charge in [-0.2, -0.15) is 10.1 Å². The number of benzene rings is 2. The third-order valence-electron chi connectivity index (χ3n) is 4.98. The molecule has 1 N–H and O–H groups in total. The van der Waals surface area contributed by atoms with Gasteiger partial charge in [0.15, 0.2) is 11.5 Å². The van der Waals surface area contributed by atoms with Crippen molar-refractivity contribution in [1.29, 1.82) is 0 Å². The van der Waals surface area contributed by atoms with Crippen molar-refractivity contribution in [3.8, 4) is 34.3 Å². The maximum absolute atomic E-state index is 13.0. The molecule has 4 aromatic rings. The lowest BCUT2D eigenvalue weighted by Crippen LogP contribution is -2.12. The fourth-order valence-corrected chi connectivity index (χ4v) is 3.35. The monoisotopic (exact) mass is 449 g/mol. The molecule has 0 aliphatic rings. The summed E-state index contributed by atoms with van der Waals surface area (Å²) in [5, 5.41) is 11.3. The maximum Gasteiger partial charge on any atom is 0.259 e. The largest absolute Gasteiger partial charge is 0.493 e. The Bertz CT molecular complexity index is 1270. The zero-order chi connectivity index (χ0) is 23.5. The fraction of sp³-hybridized carbons (Fsp3) is 0.217. The summed E-state index contributed by atoms with van der Waals surface area (Å²) in [4.78, 5) is 17.2. The first-order chi connectivity index (χ1) is 15.9. The minimum atomic E-state index is -0.313. The number of anilines is 1. The molecule has 0 unspecified atom stereocenters. The van der Waals surface area contributed by atoms with Crippen molar-refractivity contribution in [2.75, 3.05) is 26.6 Å². The average molecular weight is 449 g/mol. The van der Waals surface area contributed by atoms with Crippen molar-refractivity contribution in [2.45, 2.75) is 13.8 Å². The predicted octanol–water partition coefficient (Wildman–Crippen LogP) is 3.82. The lowest BCUT2D eigenvalue weighted by molar-refractivity contribution is 0.102. The summed E-state index contributed by atoms with van der Waals surface area (Å²) in [5.74, 6) is 2.03. The van der Waals surface area contributed by atoms with Gasteiger partial charge >= 0.3 is 0 Å². The van der Waals surface area contributed by atoms with Crippen LogP contribution in [0.25, 0.3) is 17.1 Å². The first-order valence-electron chi connectivity index (χ1n) is 10.0. The molecule has 0 fully saturated rings. The normalized spacial score (nSPS) is 10.7. The van der Waals surface area contributed by atoms with E-state index in [9.17, 15) is 4.79 Å². The molecule has 0 aliphatic heterocycles. The Morgan fingerprint density at radius 2 is 1.67 bits per heavy atom. The number of methoxy groups -OCH3 is 3. The summed E-state index contributed by atoms with van der Waals surface area (Å²) in [6, 6.07) is 10.8. The summed E-state index contributed by atoms with van der Waals surface area (Å²) in [5.41, 5.74) is 3.12. The highest BCUT2D eigenvalue weighted by atomic mass is 16.5. The van der Waals surface area contributed by atoms with E-state index >= 15 is 0 Å². The van der Waals surface area contributed by atoms with E-state index in [1.807, 2.05) is 24.3 Å². The van der Waals surface area contributed by atoms with Crippen molar-refractivity contribution in [1.82, 2.24) is 19.9 Å². The molecular weight excluding hydrogens is 426 g/mol. The maximum atomic E-state index is 13.0. The molecule has 2 aromatic heterocycles. The number of nitrogens with zero attached hydrogens (tertiary/aromatic N) is 4. The Hall–Kier alpha value is -4.34. The smallest absolute Gasteiger partial charge is 0.259 e. The van der Waals surface area contributed by atoms with Gasteiger partial charge in [-0.25, -0.2) is 4.68 Å². The molecular formula is C23H23N5O5. The van der Waals surface area contributed by atoms with E-state index in [1.165, 1.54) is 21.3 Å². The molecule has 170 valence electrons. The van der Waals surface area contributed by atoms with Crippen molar-refractivity contribution in [3.63, 3.8) is 0 Å². The fourth-order valence-electron chi connectivity index (χ4n) is 3.35. The van der Waals surface area contributed by atoms with Gasteiger partial charge in [-0.3, -0.25) is 4.79 Å². The molecule has 0 bridgehead atoms. The van der Waals surface area contributed by atoms with Crippen molar-refractivity contribution in [2.24, 2.45) is 0 Å². The molecule has 0 atom stereocenters. The molecule has 0 saturated heterocycles. The number of carbonyl (C=O) groups is 1. The molecule has 4 rings (SSSR count). The summed E-state index contributed by atoms with van der Waals surface area (Å²) < 4.78 is 22.7.